The van der Waals surface area contributed by atoms with Crippen molar-refractivity contribution in [1.82, 2.24) is 10.3 Å². The molecular formula is C14H16N2O3S. The highest BCUT2D eigenvalue weighted by atomic mass is 32.2. The number of carbonyl (C=O) groups is 1. The van der Waals surface area contributed by atoms with E-state index >= 15 is 0 Å². The van der Waals surface area contributed by atoms with Crippen molar-refractivity contribution in [3.63, 3.8) is 0 Å². The van der Waals surface area contributed by atoms with Crippen molar-refractivity contribution in [2.24, 2.45) is 0 Å². The van der Waals surface area contributed by atoms with Crippen LogP contribution in [0.1, 0.15) is 28.0 Å². The monoisotopic (exact) mass is 292 g/mol. The number of aromatic nitrogens is 1. The molecule has 0 aliphatic carbocycles. The lowest BCUT2D eigenvalue weighted by Gasteiger charge is -2.11. The molecule has 2 rings (SSSR count). The van der Waals surface area contributed by atoms with Crippen LogP contribution in [-0.2, 0) is 0 Å². The largest absolute Gasteiger partial charge is 0.464 e. The van der Waals surface area contributed by atoms with Gasteiger partial charge in [-0.2, -0.15) is 0 Å². The van der Waals surface area contributed by atoms with E-state index in [0.29, 0.717) is 16.3 Å². The van der Waals surface area contributed by atoms with Crippen LogP contribution in [0.5, 0.6) is 0 Å². The number of nitrogens with zero attached hydrogens (tertiary/aromatic N) is 1. The number of furan rings is 1. The highest BCUT2D eigenvalue weighted by Gasteiger charge is 2.15. The van der Waals surface area contributed by atoms with Crippen LogP contribution in [-0.4, -0.2) is 28.8 Å². The fourth-order valence-corrected chi connectivity index (χ4v) is 2.29. The van der Waals surface area contributed by atoms with Gasteiger partial charge in [-0.3, -0.25) is 4.79 Å². The summed E-state index contributed by atoms with van der Waals surface area (Å²) in [6.45, 7) is 1.89. The second kappa shape index (κ2) is 6.58. The summed E-state index contributed by atoms with van der Waals surface area (Å²) in [5.74, 6) is 0.908. The summed E-state index contributed by atoms with van der Waals surface area (Å²) in [5, 5.41) is 13.3. The lowest BCUT2D eigenvalue weighted by atomic mass is 10.2. The van der Waals surface area contributed by atoms with E-state index in [0.717, 1.165) is 5.76 Å². The van der Waals surface area contributed by atoms with Gasteiger partial charge < -0.3 is 14.8 Å². The number of hydrogen-bond donors (Lipinski definition) is 2. The quantitative estimate of drug-likeness (QED) is 0.826. The first-order valence-electron chi connectivity index (χ1n) is 6.13. The lowest BCUT2D eigenvalue weighted by Crippen LogP contribution is -2.28. The molecule has 106 valence electrons. The average Bonchev–Trinajstić information content (AvgIpc) is 2.91. The summed E-state index contributed by atoms with van der Waals surface area (Å²) in [6.07, 6.45) is 2.64. The molecule has 0 fully saturated rings. The molecule has 0 bridgehead atoms. The van der Waals surface area contributed by atoms with E-state index in [-0.39, 0.29) is 12.5 Å². The van der Waals surface area contributed by atoms with Gasteiger partial charge in [-0.25, -0.2) is 4.98 Å². The highest BCUT2D eigenvalue weighted by Crippen LogP contribution is 2.18. The summed E-state index contributed by atoms with van der Waals surface area (Å²) in [6, 6.07) is 6.88. The summed E-state index contributed by atoms with van der Waals surface area (Å²) in [4.78, 5) is 16.2. The van der Waals surface area contributed by atoms with Crippen molar-refractivity contribution < 1.29 is 14.3 Å². The SMILES string of the molecule is CSc1ncccc1C(=O)NC[C@H](O)c1ccc(C)o1. The number of thioether (sulfide) groups is 1. The van der Waals surface area contributed by atoms with Gasteiger partial charge in [0.15, 0.2) is 0 Å². The molecule has 0 spiro atoms. The molecule has 0 saturated carbocycles. The molecule has 2 aromatic heterocycles. The van der Waals surface area contributed by atoms with Gasteiger partial charge in [0.25, 0.3) is 5.91 Å². The van der Waals surface area contributed by atoms with E-state index in [1.807, 2.05) is 6.26 Å². The molecular weight excluding hydrogens is 276 g/mol. The van der Waals surface area contributed by atoms with Crippen molar-refractivity contribution >= 4 is 17.7 Å². The zero-order valence-corrected chi connectivity index (χ0v) is 12.1. The predicted octanol–water partition coefficient (Wildman–Crippen LogP) is 2.17. The van der Waals surface area contributed by atoms with Crippen molar-refractivity contribution in [3.05, 3.63) is 47.5 Å². The normalized spacial score (nSPS) is 12.2. The van der Waals surface area contributed by atoms with Crippen LogP contribution >= 0.6 is 11.8 Å². The summed E-state index contributed by atoms with van der Waals surface area (Å²) in [5.41, 5.74) is 0.503. The minimum absolute atomic E-state index is 0.0918. The standard InChI is InChI=1S/C14H16N2O3S/c1-9-5-6-12(19-9)11(17)8-16-13(18)10-4-3-7-15-14(10)20-2/h3-7,11,17H,8H2,1-2H3,(H,16,18)/t11-/m0/s1. The molecule has 20 heavy (non-hydrogen) atoms. The molecule has 2 aromatic rings. The Bertz CT molecular complexity index is 598. The number of amides is 1. The summed E-state index contributed by atoms with van der Waals surface area (Å²) < 4.78 is 5.31. The molecule has 1 atom stereocenters. The number of rotatable bonds is 5. The molecule has 2 N–H and O–H groups in total. The highest BCUT2D eigenvalue weighted by molar-refractivity contribution is 7.98. The molecule has 0 radical (unpaired) electrons. The summed E-state index contributed by atoms with van der Waals surface area (Å²) >= 11 is 1.40. The van der Waals surface area contributed by atoms with E-state index in [9.17, 15) is 9.90 Å². The van der Waals surface area contributed by atoms with Crippen LogP contribution < -0.4 is 5.32 Å². The van der Waals surface area contributed by atoms with E-state index in [2.05, 4.69) is 10.3 Å². The molecule has 5 nitrogen and oxygen atoms in total. The van der Waals surface area contributed by atoms with E-state index < -0.39 is 6.10 Å². The number of aliphatic hydroxyl groups is 1. The molecule has 0 saturated heterocycles. The first-order valence-corrected chi connectivity index (χ1v) is 7.36. The lowest BCUT2D eigenvalue weighted by molar-refractivity contribution is 0.0897. The molecule has 0 aliphatic rings. The number of hydrogen-bond acceptors (Lipinski definition) is 5. The van der Waals surface area contributed by atoms with Crippen LogP contribution in [0.4, 0.5) is 0 Å². The van der Waals surface area contributed by atoms with Crippen LogP contribution in [0, 0.1) is 6.92 Å². The van der Waals surface area contributed by atoms with Gasteiger partial charge in [-0.05, 0) is 37.4 Å². The van der Waals surface area contributed by atoms with Crippen molar-refractivity contribution in [2.45, 2.75) is 18.1 Å². The van der Waals surface area contributed by atoms with Crippen LogP contribution in [0.15, 0.2) is 39.9 Å². The van der Waals surface area contributed by atoms with Gasteiger partial charge in [-0.1, -0.05) is 0 Å². The Labute approximate surface area is 121 Å². The first-order chi connectivity index (χ1) is 9.61. The van der Waals surface area contributed by atoms with E-state index in [1.165, 1.54) is 11.8 Å². The smallest absolute Gasteiger partial charge is 0.254 e. The third kappa shape index (κ3) is 3.40. The van der Waals surface area contributed by atoms with Crippen molar-refractivity contribution in [3.8, 4) is 0 Å². The van der Waals surface area contributed by atoms with E-state index in [4.69, 9.17) is 4.42 Å². The maximum absolute atomic E-state index is 12.1. The molecule has 2 heterocycles. The van der Waals surface area contributed by atoms with E-state index in [1.54, 1.807) is 37.4 Å². The number of aliphatic hydroxyl groups excluding tert-OH is 1. The molecule has 0 unspecified atom stereocenters. The predicted molar refractivity (Wildman–Crippen MR) is 76.8 cm³/mol. The second-order valence-electron chi connectivity index (χ2n) is 4.23. The van der Waals surface area contributed by atoms with Gasteiger partial charge in [0.1, 0.15) is 22.7 Å². The third-order valence-corrected chi connectivity index (χ3v) is 3.47. The fourth-order valence-electron chi connectivity index (χ4n) is 1.74. The van der Waals surface area contributed by atoms with Crippen molar-refractivity contribution in [2.75, 3.05) is 12.8 Å². The first kappa shape index (κ1) is 14.6. The Hall–Kier alpha value is -1.79. The molecule has 6 heteroatoms. The average molecular weight is 292 g/mol. The molecule has 1 amide bonds. The van der Waals surface area contributed by atoms with Gasteiger partial charge >= 0.3 is 0 Å². The Morgan fingerprint density at radius 2 is 2.30 bits per heavy atom. The minimum Gasteiger partial charge on any atom is -0.464 e. The number of nitrogens with one attached hydrogen (secondary N) is 1. The zero-order chi connectivity index (χ0) is 14.5. The van der Waals surface area contributed by atoms with Crippen LogP contribution in [0.2, 0.25) is 0 Å². The van der Waals surface area contributed by atoms with Crippen molar-refractivity contribution in [1.29, 1.82) is 0 Å². The van der Waals surface area contributed by atoms with Gasteiger partial charge in [0.05, 0.1) is 12.1 Å². The minimum atomic E-state index is -0.859. The Morgan fingerprint density at radius 3 is 2.95 bits per heavy atom. The molecule has 0 aromatic carbocycles. The fraction of sp³-hybridized carbons (Fsp3) is 0.286. The second-order valence-corrected chi connectivity index (χ2v) is 5.03. The zero-order valence-electron chi connectivity index (χ0n) is 11.3. The van der Waals surface area contributed by atoms with Crippen LogP contribution in [0.25, 0.3) is 0 Å². The maximum atomic E-state index is 12.1. The Morgan fingerprint density at radius 1 is 1.50 bits per heavy atom. The number of pyridine rings is 1. The van der Waals surface area contributed by atoms with Gasteiger partial charge in [0.2, 0.25) is 0 Å². The van der Waals surface area contributed by atoms with Crippen LogP contribution in [0.3, 0.4) is 0 Å². The third-order valence-electron chi connectivity index (χ3n) is 2.75. The number of aryl methyl sites for hydroxylation is 1. The van der Waals surface area contributed by atoms with Gasteiger partial charge in [-0.15, -0.1) is 11.8 Å². The maximum Gasteiger partial charge on any atom is 0.254 e. The Balaban J connectivity index is 1.98. The summed E-state index contributed by atoms with van der Waals surface area (Å²) in [7, 11) is 0. The topological polar surface area (TPSA) is 75.4 Å². The number of carbonyl (C=O) groups excluding carboxylic acids is 1. The molecule has 0 aliphatic heterocycles. The van der Waals surface area contributed by atoms with Gasteiger partial charge in [0, 0.05) is 6.20 Å². The Kier molecular flexibility index (Phi) is 4.81.